The number of Topliss-reactive ketones (excluding diaryl/α,β-unsaturated/α-hetero) is 1. The second-order valence-corrected chi connectivity index (χ2v) is 3.23. The van der Waals surface area contributed by atoms with Crippen LogP contribution >= 0.6 is 11.6 Å². The van der Waals surface area contributed by atoms with E-state index in [-0.39, 0.29) is 21.3 Å². The summed E-state index contributed by atoms with van der Waals surface area (Å²) in [5.74, 6) is -2.14. The predicted octanol–water partition coefficient (Wildman–Crippen LogP) is 1.06. The number of ketones is 1. The van der Waals surface area contributed by atoms with Crippen LogP contribution in [0.25, 0.3) is 0 Å². The first-order valence-electron chi connectivity index (χ1n) is 3.85. The molecule has 6 nitrogen and oxygen atoms in total. The molecule has 1 heterocycles. The number of fused-ring (bicyclic) bond motifs is 1. The summed E-state index contributed by atoms with van der Waals surface area (Å²) < 4.78 is 0. The number of hydrogen-bond acceptors (Lipinski definition) is 4. The number of carbonyl (C=O) groups excluding carboxylic acids is 2. The minimum Gasteiger partial charge on any atom is -0.283 e. The van der Waals surface area contributed by atoms with Gasteiger partial charge in [0.15, 0.2) is 5.03 Å². The number of carbonyl (C=O) groups is 2. The van der Waals surface area contributed by atoms with Crippen molar-refractivity contribution in [3.63, 3.8) is 0 Å². The lowest BCUT2D eigenvalue weighted by Gasteiger charge is -2.03. The Kier molecular flexibility index (Phi) is 1.94. The third-order valence-corrected chi connectivity index (χ3v) is 2.31. The Morgan fingerprint density at radius 3 is 2.60 bits per heavy atom. The van der Waals surface area contributed by atoms with E-state index in [0.717, 1.165) is 0 Å². The molecule has 1 amide bonds. The van der Waals surface area contributed by atoms with Crippen molar-refractivity contribution in [1.29, 1.82) is 0 Å². The van der Waals surface area contributed by atoms with Crippen LogP contribution in [0.3, 0.4) is 0 Å². The minimum atomic E-state index is -1.19. The topological polar surface area (TPSA) is 80.5 Å². The summed E-state index contributed by atoms with van der Waals surface area (Å²) in [5.41, 5.74) is -0.191. The first-order valence-corrected chi connectivity index (χ1v) is 4.23. The van der Waals surface area contributed by atoms with Crippen LogP contribution in [-0.2, 0) is 4.79 Å². The van der Waals surface area contributed by atoms with Crippen LogP contribution in [0.5, 0.6) is 0 Å². The number of benzene rings is 1. The number of nitro groups is 1. The summed E-state index contributed by atoms with van der Waals surface area (Å²) in [5, 5.41) is 9.84. The quantitative estimate of drug-likeness (QED) is 0.407. The Labute approximate surface area is 88.2 Å². The van der Waals surface area contributed by atoms with Gasteiger partial charge in [0.05, 0.1) is 10.6 Å². The van der Waals surface area contributed by atoms with Crippen LogP contribution in [0, 0.1) is 10.1 Å². The van der Waals surface area contributed by atoms with E-state index in [0.29, 0.717) is 0 Å². The molecule has 0 unspecified atom stereocenters. The van der Waals surface area contributed by atoms with Gasteiger partial charge < -0.3 is 0 Å². The van der Waals surface area contributed by atoms with Crippen molar-refractivity contribution in [2.75, 3.05) is 5.01 Å². The Morgan fingerprint density at radius 2 is 2.00 bits per heavy atom. The first kappa shape index (κ1) is 9.60. The normalized spacial score (nSPS) is 14.3. The molecule has 1 aliphatic rings. The number of hydrogen-bond donors (Lipinski definition) is 0. The molecule has 1 aromatic rings. The molecule has 76 valence electrons. The van der Waals surface area contributed by atoms with E-state index in [2.05, 4.69) is 0 Å². The molecule has 0 saturated carbocycles. The lowest BCUT2D eigenvalue weighted by molar-refractivity contribution is -0.482. The van der Waals surface area contributed by atoms with Gasteiger partial charge in [0.1, 0.15) is 5.69 Å². The van der Waals surface area contributed by atoms with Crippen LogP contribution in [0.1, 0.15) is 10.4 Å². The monoisotopic (exact) mass is 226 g/mol. The van der Waals surface area contributed by atoms with Gasteiger partial charge in [-0.25, -0.2) is 10.1 Å². The fourth-order valence-corrected chi connectivity index (χ4v) is 1.64. The van der Waals surface area contributed by atoms with Gasteiger partial charge in [-0.3, -0.25) is 9.59 Å². The molecule has 7 heteroatoms. The maximum absolute atomic E-state index is 11.4. The third kappa shape index (κ3) is 1.18. The molecule has 0 bridgehead atoms. The van der Waals surface area contributed by atoms with Crippen molar-refractivity contribution in [3.8, 4) is 0 Å². The SMILES string of the molecule is O=C1C(=O)N([N+](=O)[O-])c2cccc(Cl)c21. The molecule has 0 N–H and O–H groups in total. The van der Waals surface area contributed by atoms with Gasteiger partial charge in [-0.2, -0.15) is 0 Å². The summed E-state index contributed by atoms with van der Waals surface area (Å²) in [7, 11) is 0. The van der Waals surface area contributed by atoms with Crippen LogP contribution in [-0.4, -0.2) is 16.7 Å². The van der Waals surface area contributed by atoms with Crippen molar-refractivity contribution in [3.05, 3.63) is 38.9 Å². The number of nitrogens with zero attached hydrogens (tertiary/aromatic N) is 2. The van der Waals surface area contributed by atoms with Crippen molar-refractivity contribution in [2.24, 2.45) is 0 Å². The van der Waals surface area contributed by atoms with Gasteiger partial charge in [-0.15, -0.1) is 0 Å². The van der Waals surface area contributed by atoms with Gasteiger partial charge in [0.2, 0.25) is 0 Å². The Morgan fingerprint density at radius 1 is 1.33 bits per heavy atom. The van der Waals surface area contributed by atoms with Crippen LogP contribution in [0.4, 0.5) is 5.69 Å². The van der Waals surface area contributed by atoms with E-state index < -0.39 is 16.7 Å². The summed E-state index contributed by atoms with van der Waals surface area (Å²) in [6.45, 7) is 0. The van der Waals surface area contributed by atoms with Crippen molar-refractivity contribution in [1.82, 2.24) is 0 Å². The van der Waals surface area contributed by atoms with Gasteiger partial charge in [-0.1, -0.05) is 17.7 Å². The molecule has 15 heavy (non-hydrogen) atoms. The Bertz CT molecular complexity index is 499. The molecule has 0 aliphatic carbocycles. The average molecular weight is 227 g/mol. The molecule has 0 saturated heterocycles. The lowest BCUT2D eigenvalue weighted by Crippen LogP contribution is -2.34. The van der Waals surface area contributed by atoms with E-state index in [4.69, 9.17) is 11.6 Å². The van der Waals surface area contributed by atoms with E-state index in [9.17, 15) is 19.7 Å². The predicted molar refractivity (Wildman–Crippen MR) is 50.3 cm³/mol. The zero-order valence-corrected chi connectivity index (χ0v) is 7.89. The molecule has 0 radical (unpaired) electrons. The minimum absolute atomic E-state index is 0.0372. The summed E-state index contributed by atoms with van der Waals surface area (Å²) >= 11 is 5.68. The zero-order valence-electron chi connectivity index (χ0n) is 7.14. The summed E-state index contributed by atoms with van der Waals surface area (Å²) in [4.78, 5) is 33.1. The molecule has 2 rings (SSSR count). The van der Waals surface area contributed by atoms with Crippen molar-refractivity contribution in [2.45, 2.75) is 0 Å². The third-order valence-electron chi connectivity index (χ3n) is 2.00. The summed E-state index contributed by atoms with van der Waals surface area (Å²) in [6, 6.07) is 4.13. The highest BCUT2D eigenvalue weighted by Gasteiger charge is 2.44. The molecule has 1 aromatic carbocycles. The highest BCUT2D eigenvalue weighted by atomic mass is 35.5. The molecular formula is C8H3ClN2O4. The van der Waals surface area contributed by atoms with E-state index in [1.165, 1.54) is 18.2 Å². The van der Waals surface area contributed by atoms with E-state index >= 15 is 0 Å². The number of anilines is 1. The van der Waals surface area contributed by atoms with Crippen LogP contribution in [0.2, 0.25) is 5.02 Å². The lowest BCUT2D eigenvalue weighted by atomic mass is 10.1. The maximum Gasteiger partial charge on any atom is 0.360 e. The second-order valence-electron chi connectivity index (χ2n) is 2.82. The van der Waals surface area contributed by atoms with Crippen molar-refractivity contribution < 1.29 is 14.6 Å². The molecular weight excluding hydrogens is 224 g/mol. The fraction of sp³-hybridized carbons (Fsp3) is 0. The molecule has 1 aliphatic heterocycles. The fourth-order valence-electron chi connectivity index (χ4n) is 1.39. The number of halogens is 1. The van der Waals surface area contributed by atoms with Gasteiger partial charge in [0, 0.05) is 0 Å². The van der Waals surface area contributed by atoms with Gasteiger partial charge in [-0.05, 0) is 17.1 Å². The zero-order chi connectivity index (χ0) is 11.2. The highest BCUT2D eigenvalue weighted by Crippen LogP contribution is 2.33. The molecule has 0 atom stereocenters. The number of rotatable bonds is 1. The van der Waals surface area contributed by atoms with E-state index in [1.54, 1.807) is 0 Å². The standard InChI is InChI=1S/C8H3ClN2O4/c9-4-2-1-3-5-6(4)7(12)8(13)10(5)11(14)15/h1-3H. The Balaban J connectivity index is 2.71. The highest BCUT2D eigenvalue weighted by molar-refractivity contribution is 6.54. The van der Waals surface area contributed by atoms with E-state index in [1.807, 2.05) is 0 Å². The smallest absolute Gasteiger partial charge is 0.283 e. The summed E-state index contributed by atoms with van der Waals surface area (Å²) in [6.07, 6.45) is 0. The van der Waals surface area contributed by atoms with Crippen LogP contribution in [0.15, 0.2) is 18.2 Å². The number of hydrazine groups is 1. The van der Waals surface area contributed by atoms with Crippen LogP contribution < -0.4 is 5.01 Å². The molecule has 0 fully saturated rings. The first-order chi connectivity index (χ1) is 7.04. The second kappa shape index (κ2) is 3.03. The largest absolute Gasteiger partial charge is 0.360 e. The molecule has 0 aromatic heterocycles. The maximum atomic E-state index is 11.4. The number of amides is 1. The van der Waals surface area contributed by atoms with Gasteiger partial charge >= 0.3 is 5.91 Å². The van der Waals surface area contributed by atoms with Gasteiger partial charge in [0.25, 0.3) is 5.78 Å². The molecule has 0 spiro atoms. The van der Waals surface area contributed by atoms with Crippen molar-refractivity contribution >= 4 is 29.0 Å². The Hall–Kier alpha value is -1.95. The average Bonchev–Trinajstić information content (AvgIpc) is 2.41.